The first-order chi connectivity index (χ1) is 13.1. The molecule has 1 atom stereocenters. The Labute approximate surface area is 156 Å². The number of hydrogen-bond acceptors (Lipinski definition) is 4. The van der Waals surface area contributed by atoms with E-state index in [1.165, 1.54) is 6.26 Å². The van der Waals surface area contributed by atoms with E-state index in [0.29, 0.717) is 24.3 Å². The van der Waals surface area contributed by atoms with E-state index in [0.717, 1.165) is 19.3 Å². The maximum atomic E-state index is 12.7. The molecule has 1 aromatic heterocycles. The third-order valence-corrected chi connectivity index (χ3v) is 4.92. The van der Waals surface area contributed by atoms with Crippen molar-refractivity contribution in [2.45, 2.75) is 31.7 Å². The summed E-state index contributed by atoms with van der Waals surface area (Å²) in [7, 11) is 0. The number of benzene rings is 1. The molecule has 0 unspecified atom stereocenters. The number of amides is 3. The lowest BCUT2D eigenvalue weighted by Gasteiger charge is -2.23. The fourth-order valence-electron chi connectivity index (χ4n) is 3.28. The van der Waals surface area contributed by atoms with Crippen LogP contribution in [-0.2, 0) is 9.59 Å². The fraction of sp³-hybridized carbons (Fsp3) is 0.350. The zero-order valence-electron chi connectivity index (χ0n) is 14.8. The Balaban J connectivity index is 1.37. The number of hydrogen-bond donors (Lipinski definition) is 2. The maximum Gasteiger partial charge on any atom is 0.290 e. The summed E-state index contributed by atoms with van der Waals surface area (Å²) in [5.74, 6) is -0.0577. The van der Waals surface area contributed by atoms with Crippen molar-refractivity contribution in [3.05, 3.63) is 48.4 Å². The summed E-state index contributed by atoms with van der Waals surface area (Å²) in [5.41, 5.74) is 1.34. The lowest BCUT2D eigenvalue weighted by atomic mass is 10.2. The first kappa shape index (κ1) is 17.3. The number of nitrogens with zero attached hydrogens (tertiary/aromatic N) is 1. The molecule has 27 heavy (non-hydrogen) atoms. The van der Waals surface area contributed by atoms with Gasteiger partial charge in [-0.2, -0.15) is 0 Å². The van der Waals surface area contributed by atoms with Crippen molar-refractivity contribution in [3.8, 4) is 0 Å². The minimum atomic E-state index is -0.517. The molecule has 1 aliphatic carbocycles. The van der Waals surface area contributed by atoms with Crippen LogP contribution in [-0.4, -0.2) is 35.2 Å². The topological polar surface area (TPSA) is 91.7 Å². The van der Waals surface area contributed by atoms with Gasteiger partial charge in [0.15, 0.2) is 5.76 Å². The fourth-order valence-corrected chi connectivity index (χ4v) is 3.28. The summed E-state index contributed by atoms with van der Waals surface area (Å²) in [5, 5.41) is 5.72. The van der Waals surface area contributed by atoms with Crippen LogP contribution >= 0.6 is 0 Å². The van der Waals surface area contributed by atoms with Gasteiger partial charge >= 0.3 is 0 Å². The highest BCUT2D eigenvalue weighted by molar-refractivity contribution is 6.00. The first-order valence-electron chi connectivity index (χ1n) is 9.18. The first-order valence-corrected chi connectivity index (χ1v) is 9.18. The molecule has 1 aliphatic heterocycles. The van der Waals surface area contributed by atoms with Gasteiger partial charge in [-0.15, -0.1) is 0 Å². The van der Waals surface area contributed by atoms with Crippen LogP contribution in [0.5, 0.6) is 0 Å². The van der Waals surface area contributed by atoms with Crippen LogP contribution < -0.4 is 10.6 Å². The highest BCUT2D eigenvalue weighted by atomic mass is 16.3. The molecule has 2 fully saturated rings. The van der Waals surface area contributed by atoms with Crippen LogP contribution in [0, 0.1) is 5.92 Å². The average molecular weight is 367 g/mol. The van der Waals surface area contributed by atoms with Crippen LogP contribution in [0.4, 0.5) is 11.4 Å². The van der Waals surface area contributed by atoms with Gasteiger partial charge in [-0.3, -0.25) is 14.4 Å². The monoisotopic (exact) mass is 367 g/mol. The second-order valence-electron chi connectivity index (χ2n) is 6.96. The summed E-state index contributed by atoms with van der Waals surface area (Å²) in [6, 6.07) is 9.75. The molecule has 1 saturated carbocycles. The van der Waals surface area contributed by atoms with Crippen molar-refractivity contribution in [2.75, 3.05) is 17.2 Å². The smallest absolute Gasteiger partial charge is 0.290 e. The summed E-state index contributed by atoms with van der Waals surface area (Å²) >= 11 is 0. The predicted octanol–water partition coefficient (Wildman–Crippen LogP) is 2.87. The number of carbonyl (C=O) groups is 3. The quantitative estimate of drug-likeness (QED) is 0.850. The Hall–Kier alpha value is -3.09. The SMILES string of the molecule is O=C(Nc1ccc(NC(=O)[C@@H]2CCCN2C(=O)c2ccco2)cc1)C1CC1. The van der Waals surface area contributed by atoms with E-state index in [-0.39, 0.29) is 29.4 Å². The zero-order chi connectivity index (χ0) is 18.8. The molecule has 4 rings (SSSR count). The van der Waals surface area contributed by atoms with Crippen molar-refractivity contribution in [1.82, 2.24) is 4.90 Å². The molecule has 140 valence electrons. The summed E-state index contributed by atoms with van der Waals surface area (Å²) in [6.07, 6.45) is 4.75. The van der Waals surface area contributed by atoms with Gasteiger partial charge in [-0.25, -0.2) is 0 Å². The third-order valence-electron chi connectivity index (χ3n) is 4.92. The van der Waals surface area contributed by atoms with Crippen LogP contribution in [0.15, 0.2) is 47.1 Å². The van der Waals surface area contributed by atoms with Gasteiger partial charge in [-0.1, -0.05) is 0 Å². The minimum absolute atomic E-state index is 0.0461. The number of carbonyl (C=O) groups excluding carboxylic acids is 3. The van der Waals surface area contributed by atoms with E-state index < -0.39 is 6.04 Å². The van der Waals surface area contributed by atoms with E-state index in [2.05, 4.69) is 10.6 Å². The molecule has 3 amide bonds. The molecule has 2 aliphatic rings. The summed E-state index contributed by atoms with van der Waals surface area (Å²) in [4.78, 5) is 38.5. The molecule has 1 saturated heterocycles. The molecule has 7 nitrogen and oxygen atoms in total. The molecule has 7 heteroatoms. The molecule has 0 bridgehead atoms. The van der Waals surface area contributed by atoms with Crippen LogP contribution in [0.1, 0.15) is 36.2 Å². The lowest BCUT2D eigenvalue weighted by molar-refractivity contribution is -0.120. The number of nitrogens with one attached hydrogen (secondary N) is 2. The Morgan fingerprint density at radius 2 is 1.59 bits per heavy atom. The van der Waals surface area contributed by atoms with Crippen LogP contribution in [0.25, 0.3) is 0 Å². The largest absolute Gasteiger partial charge is 0.459 e. The molecule has 0 spiro atoms. The number of likely N-dealkylation sites (tertiary alicyclic amines) is 1. The zero-order valence-corrected chi connectivity index (χ0v) is 14.8. The van der Waals surface area contributed by atoms with Gasteiger partial charge in [0, 0.05) is 23.8 Å². The van der Waals surface area contributed by atoms with Crippen molar-refractivity contribution in [2.24, 2.45) is 5.92 Å². The standard InChI is InChI=1S/C20H21N3O4/c24-18(13-5-6-13)21-14-7-9-15(10-8-14)22-19(25)16-3-1-11-23(16)20(26)17-4-2-12-27-17/h2,4,7-10,12-13,16H,1,3,5-6,11H2,(H,21,24)(H,22,25)/t16-/m0/s1. The van der Waals surface area contributed by atoms with Gasteiger partial charge in [0.05, 0.1) is 6.26 Å². The van der Waals surface area contributed by atoms with E-state index in [1.807, 2.05) is 0 Å². The summed E-state index contributed by atoms with van der Waals surface area (Å²) < 4.78 is 5.16. The van der Waals surface area contributed by atoms with Gasteiger partial charge in [0.25, 0.3) is 5.91 Å². The Bertz CT molecular complexity index is 841. The van der Waals surface area contributed by atoms with Crippen molar-refractivity contribution in [1.29, 1.82) is 0 Å². The van der Waals surface area contributed by atoms with Crippen LogP contribution in [0.3, 0.4) is 0 Å². The van der Waals surface area contributed by atoms with Crippen molar-refractivity contribution < 1.29 is 18.8 Å². The Morgan fingerprint density at radius 3 is 2.19 bits per heavy atom. The second kappa shape index (κ2) is 7.26. The lowest BCUT2D eigenvalue weighted by Crippen LogP contribution is -2.43. The van der Waals surface area contributed by atoms with Crippen molar-refractivity contribution >= 4 is 29.1 Å². The highest BCUT2D eigenvalue weighted by Gasteiger charge is 2.35. The number of rotatable bonds is 5. The highest BCUT2D eigenvalue weighted by Crippen LogP contribution is 2.30. The maximum absolute atomic E-state index is 12.7. The van der Waals surface area contributed by atoms with E-state index in [9.17, 15) is 14.4 Å². The molecule has 1 aromatic carbocycles. The predicted molar refractivity (Wildman–Crippen MR) is 99.2 cm³/mol. The number of anilines is 2. The molecule has 0 radical (unpaired) electrons. The number of furan rings is 1. The van der Waals surface area contributed by atoms with E-state index in [4.69, 9.17) is 4.42 Å². The van der Waals surface area contributed by atoms with Gasteiger partial charge in [0.1, 0.15) is 6.04 Å². The normalized spacial score (nSPS) is 19.0. The minimum Gasteiger partial charge on any atom is -0.459 e. The average Bonchev–Trinajstić information content (AvgIpc) is 3.18. The molecule has 2 N–H and O–H groups in total. The van der Waals surface area contributed by atoms with Gasteiger partial charge in [-0.05, 0) is 62.1 Å². The second-order valence-corrected chi connectivity index (χ2v) is 6.96. The molecule has 2 heterocycles. The van der Waals surface area contributed by atoms with E-state index >= 15 is 0 Å². The van der Waals surface area contributed by atoms with Gasteiger partial charge in [0.2, 0.25) is 11.8 Å². The molecular weight excluding hydrogens is 346 g/mol. The Morgan fingerprint density at radius 1 is 0.926 bits per heavy atom. The van der Waals surface area contributed by atoms with Crippen molar-refractivity contribution in [3.63, 3.8) is 0 Å². The van der Waals surface area contributed by atoms with E-state index in [1.54, 1.807) is 41.3 Å². The third kappa shape index (κ3) is 3.86. The Kier molecular flexibility index (Phi) is 4.66. The van der Waals surface area contributed by atoms with Crippen LogP contribution in [0.2, 0.25) is 0 Å². The van der Waals surface area contributed by atoms with Gasteiger partial charge < -0.3 is 20.0 Å². The summed E-state index contributed by atoms with van der Waals surface area (Å²) in [6.45, 7) is 0.532. The molecule has 2 aromatic rings. The molecular formula is C20H21N3O4.